The number of hydrogen-bond donors (Lipinski definition) is 1. The molecule has 0 spiro atoms. The summed E-state index contributed by atoms with van der Waals surface area (Å²) in [6, 6.07) is 4.45. The van der Waals surface area contributed by atoms with Crippen LogP contribution in [0.3, 0.4) is 0 Å². The van der Waals surface area contributed by atoms with Gasteiger partial charge >= 0.3 is 0 Å². The molecule has 0 saturated heterocycles. The van der Waals surface area contributed by atoms with Gasteiger partial charge < -0.3 is 5.73 Å². The maximum atomic E-state index is 5.57. The van der Waals surface area contributed by atoms with Gasteiger partial charge in [0.1, 0.15) is 0 Å². The molecule has 2 N–H and O–H groups in total. The average molecular weight is 189 g/mol. The van der Waals surface area contributed by atoms with Crippen LogP contribution in [0.4, 0.5) is 0 Å². The molecule has 1 aromatic rings. The Balaban J connectivity index is 3.16. The van der Waals surface area contributed by atoms with Crippen LogP contribution >= 0.6 is 0 Å². The Morgan fingerprint density at radius 3 is 2.29 bits per heavy atom. The van der Waals surface area contributed by atoms with Crippen LogP contribution in [0, 0.1) is 20.8 Å². The van der Waals surface area contributed by atoms with Gasteiger partial charge in [-0.1, -0.05) is 23.8 Å². The maximum Gasteiger partial charge on any atom is 0.0137 e. The van der Waals surface area contributed by atoms with Crippen molar-refractivity contribution in [2.24, 2.45) is 5.73 Å². The van der Waals surface area contributed by atoms with Crippen LogP contribution in [0.5, 0.6) is 0 Å². The predicted octanol–water partition coefficient (Wildman–Crippen LogP) is 2.97. The predicted molar refractivity (Wildman–Crippen MR) is 63.4 cm³/mol. The highest BCUT2D eigenvalue weighted by atomic mass is 14.5. The standard InChI is InChI=1S/C13H19N/c1-9(8-14)5-13-7-11(3)10(2)6-12(13)4/h5-7H,8,14H2,1-4H3/b9-5-. The van der Waals surface area contributed by atoms with E-state index in [1.54, 1.807) is 0 Å². The van der Waals surface area contributed by atoms with E-state index < -0.39 is 0 Å². The van der Waals surface area contributed by atoms with Crippen molar-refractivity contribution in [3.05, 3.63) is 40.0 Å². The first-order valence-electron chi connectivity index (χ1n) is 4.99. The highest BCUT2D eigenvalue weighted by molar-refractivity contribution is 5.58. The van der Waals surface area contributed by atoms with E-state index in [-0.39, 0.29) is 0 Å². The molecule has 76 valence electrons. The van der Waals surface area contributed by atoms with Gasteiger partial charge in [-0.05, 0) is 49.9 Å². The Labute approximate surface area is 86.6 Å². The molecule has 1 nitrogen and oxygen atoms in total. The van der Waals surface area contributed by atoms with Gasteiger partial charge in [0.05, 0.1) is 0 Å². The van der Waals surface area contributed by atoms with Crippen molar-refractivity contribution in [2.75, 3.05) is 6.54 Å². The van der Waals surface area contributed by atoms with E-state index >= 15 is 0 Å². The summed E-state index contributed by atoms with van der Waals surface area (Å²) in [4.78, 5) is 0. The lowest BCUT2D eigenvalue weighted by atomic mass is 9.99. The van der Waals surface area contributed by atoms with Crippen molar-refractivity contribution in [3.63, 3.8) is 0 Å². The number of rotatable bonds is 2. The molecule has 14 heavy (non-hydrogen) atoms. The number of nitrogens with two attached hydrogens (primary N) is 1. The third kappa shape index (κ3) is 2.46. The maximum absolute atomic E-state index is 5.57. The molecule has 0 aliphatic carbocycles. The van der Waals surface area contributed by atoms with E-state index in [9.17, 15) is 0 Å². The van der Waals surface area contributed by atoms with Crippen molar-refractivity contribution in [2.45, 2.75) is 27.7 Å². The van der Waals surface area contributed by atoms with Gasteiger partial charge in [0, 0.05) is 6.54 Å². The average Bonchev–Trinajstić information content (AvgIpc) is 2.14. The summed E-state index contributed by atoms with van der Waals surface area (Å²) in [5.41, 5.74) is 12.1. The van der Waals surface area contributed by atoms with E-state index in [0.29, 0.717) is 6.54 Å². The zero-order valence-electron chi connectivity index (χ0n) is 9.52. The van der Waals surface area contributed by atoms with Crippen LogP contribution in [0.2, 0.25) is 0 Å². The number of hydrogen-bond acceptors (Lipinski definition) is 1. The van der Waals surface area contributed by atoms with Gasteiger partial charge in [0.15, 0.2) is 0 Å². The van der Waals surface area contributed by atoms with Crippen LogP contribution in [0.25, 0.3) is 6.08 Å². The fraction of sp³-hybridized carbons (Fsp3) is 0.385. The fourth-order valence-corrected chi connectivity index (χ4v) is 1.46. The first-order chi connectivity index (χ1) is 6.54. The molecule has 0 atom stereocenters. The second-order valence-corrected chi connectivity index (χ2v) is 3.99. The Hall–Kier alpha value is -1.08. The highest BCUT2D eigenvalue weighted by Gasteiger charge is 1.99. The molecule has 0 unspecified atom stereocenters. The molecule has 0 aromatic heterocycles. The van der Waals surface area contributed by atoms with E-state index in [1.807, 2.05) is 0 Å². The Kier molecular flexibility index (Phi) is 3.48. The van der Waals surface area contributed by atoms with Gasteiger partial charge in [-0.2, -0.15) is 0 Å². The van der Waals surface area contributed by atoms with Crippen LogP contribution in [0.1, 0.15) is 29.2 Å². The third-order valence-electron chi connectivity index (χ3n) is 2.61. The summed E-state index contributed by atoms with van der Waals surface area (Å²) in [6.45, 7) is 9.12. The minimum atomic E-state index is 0.631. The van der Waals surface area contributed by atoms with Crippen molar-refractivity contribution in [3.8, 4) is 0 Å². The van der Waals surface area contributed by atoms with Crippen LogP contribution < -0.4 is 5.73 Å². The largest absolute Gasteiger partial charge is 0.327 e. The van der Waals surface area contributed by atoms with Crippen molar-refractivity contribution >= 4 is 6.08 Å². The Morgan fingerprint density at radius 1 is 1.14 bits per heavy atom. The van der Waals surface area contributed by atoms with Crippen LogP contribution in [0.15, 0.2) is 17.7 Å². The molecule has 0 heterocycles. The van der Waals surface area contributed by atoms with Crippen LogP contribution in [-0.2, 0) is 0 Å². The zero-order chi connectivity index (χ0) is 10.7. The normalized spacial score (nSPS) is 11.9. The molecule has 0 fully saturated rings. The van der Waals surface area contributed by atoms with Gasteiger partial charge in [-0.25, -0.2) is 0 Å². The quantitative estimate of drug-likeness (QED) is 0.760. The van der Waals surface area contributed by atoms with Gasteiger partial charge in [-0.15, -0.1) is 0 Å². The summed E-state index contributed by atoms with van der Waals surface area (Å²) in [7, 11) is 0. The molecule has 0 radical (unpaired) electrons. The van der Waals surface area contributed by atoms with Gasteiger partial charge in [-0.3, -0.25) is 0 Å². The first kappa shape index (κ1) is 11.0. The summed E-state index contributed by atoms with van der Waals surface area (Å²) in [5.74, 6) is 0. The van der Waals surface area contributed by atoms with Gasteiger partial charge in [0.2, 0.25) is 0 Å². The smallest absolute Gasteiger partial charge is 0.0137 e. The minimum absolute atomic E-state index is 0.631. The number of aryl methyl sites for hydroxylation is 3. The molecule has 0 bridgehead atoms. The Morgan fingerprint density at radius 2 is 1.71 bits per heavy atom. The molecule has 0 aliphatic rings. The lowest BCUT2D eigenvalue weighted by Crippen LogP contribution is -1.99. The van der Waals surface area contributed by atoms with E-state index in [4.69, 9.17) is 5.73 Å². The van der Waals surface area contributed by atoms with E-state index in [1.165, 1.54) is 27.8 Å². The van der Waals surface area contributed by atoms with Gasteiger partial charge in [0.25, 0.3) is 0 Å². The molecular weight excluding hydrogens is 170 g/mol. The summed E-state index contributed by atoms with van der Waals surface area (Å²) < 4.78 is 0. The van der Waals surface area contributed by atoms with Crippen LogP contribution in [-0.4, -0.2) is 6.54 Å². The molecule has 1 aromatic carbocycles. The first-order valence-corrected chi connectivity index (χ1v) is 4.99. The molecule has 0 aliphatic heterocycles. The summed E-state index contributed by atoms with van der Waals surface area (Å²) in [5, 5.41) is 0. The molecule has 0 saturated carbocycles. The molecule has 1 heteroatoms. The molecular formula is C13H19N. The van der Waals surface area contributed by atoms with Crippen molar-refractivity contribution < 1.29 is 0 Å². The third-order valence-corrected chi connectivity index (χ3v) is 2.61. The Bertz CT molecular complexity index is 362. The molecule has 0 amide bonds. The fourth-order valence-electron chi connectivity index (χ4n) is 1.46. The lowest BCUT2D eigenvalue weighted by molar-refractivity contribution is 1.15. The van der Waals surface area contributed by atoms with Crippen molar-refractivity contribution in [1.82, 2.24) is 0 Å². The minimum Gasteiger partial charge on any atom is -0.327 e. The summed E-state index contributed by atoms with van der Waals surface area (Å²) >= 11 is 0. The monoisotopic (exact) mass is 189 g/mol. The zero-order valence-corrected chi connectivity index (χ0v) is 9.52. The second-order valence-electron chi connectivity index (χ2n) is 3.99. The van der Waals surface area contributed by atoms with E-state index in [0.717, 1.165) is 0 Å². The summed E-state index contributed by atoms with van der Waals surface area (Å²) in [6.07, 6.45) is 2.17. The molecule has 1 rings (SSSR count). The topological polar surface area (TPSA) is 26.0 Å². The lowest BCUT2D eigenvalue weighted by Gasteiger charge is -2.07. The van der Waals surface area contributed by atoms with Crippen molar-refractivity contribution in [1.29, 1.82) is 0 Å². The SMILES string of the molecule is C/C(=C/c1cc(C)c(C)cc1C)CN. The number of benzene rings is 1. The van der Waals surface area contributed by atoms with E-state index in [2.05, 4.69) is 45.9 Å². The highest BCUT2D eigenvalue weighted by Crippen LogP contribution is 2.17. The second kappa shape index (κ2) is 4.43.